The van der Waals surface area contributed by atoms with E-state index < -0.39 is 0 Å². The summed E-state index contributed by atoms with van der Waals surface area (Å²) in [4.78, 5) is 13.4. The molecule has 0 saturated heterocycles. The molecule has 0 spiro atoms. The van der Waals surface area contributed by atoms with Crippen molar-refractivity contribution in [3.05, 3.63) is 83.9 Å². The van der Waals surface area contributed by atoms with Gasteiger partial charge in [0.05, 0.1) is 22.4 Å². The highest BCUT2D eigenvalue weighted by molar-refractivity contribution is 5.95. The lowest BCUT2D eigenvalue weighted by Gasteiger charge is -2.04. The first-order valence-corrected chi connectivity index (χ1v) is 8.74. The predicted molar refractivity (Wildman–Crippen MR) is 117 cm³/mol. The Bertz CT molecular complexity index is 1220. The third kappa shape index (κ3) is 3.53. The summed E-state index contributed by atoms with van der Waals surface area (Å²) in [6.45, 7) is 9.49. The second-order valence-corrected chi connectivity index (χ2v) is 6.54. The average Bonchev–Trinajstić information content (AvgIpc) is 2.69. The Hall–Kier alpha value is -3.59. The van der Waals surface area contributed by atoms with E-state index in [9.17, 15) is 0 Å². The van der Waals surface area contributed by atoms with Crippen molar-refractivity contribution >= 4 is 52.2 Å². The summed E-state index contributed by atoms with van der Waals surface area (Å²) >= 11 is 0. The van der Waals surface area contributed by atoms with Gasteiger partial charge in [-0.1, -0.05) is 36.9 Å². The number of benzene rings is 3. The summed E-state index contributed by atoms with van der Waals surface area (Å²) in [6, 6.07) is 20.4. The van der Waals surface area contributed by atoms with Crippen LogP contribution in [0.4, 0.5) is 11.4 Å². The molecule has 4 rings (SSSR count). The van der Waals surface area contributed by atoms with E-state index in [1.165, 1.54) is 5.56 Å². The third-order valence-corrected chi connectivity index (χ3v) is 4.48. The van der Waals surface area contributed by atoms with Gasteiger partial charge in [0.15, 0.2) is 0 Å². The maximum Gasteiger partial charge on any atom is 0.0731 e. The molecule has 0 aliphatic carbocycles. The minimum atomic E-state index is 0.820. The molecule has 0 unspecified atom stereocenters. The Labute approximate surface area is 158 Å². The maximum atomic E-state index is 4.77. The molecule has 3 aromatic carbocycles. The molecule has 0 amide bonds. The molecule has 1 heterocycles. The molecule has 130 valence electrons. The molecule has 3 heteroatoms. The Morgan fingerprint density at radius 1 is 0.815 bits per heavy atom. The van der Waals surface area contributed by atoms with E-state index in [-0.39, 0.29) is 0 Å². The number of pyridine rings is 1. The normalized spacial score (nSPS) is 11.3. The summed E-state index contributed by atoms with van der Waals surface area (Å²) < 4.78 is 0. The highest BCUT2D eigenvalue weighted by Gasteiger charge is 2.02. The zero-order valence-corrected chi connectivity index (χ0v) is 15.2. The van der Waals surface area contributed by atoms with E-state index in [0.717, 1.165) is 44.3 Å². The van der Waals surface area contributed by atoms with Gasteiger partial charge in [0.25, 0.3) is 0 Å². The quantitative estimate of drug-likeness (QED) is 0.309. The number of rotatable bonds is 4. The maximum absolute atomic E-state index is 4.77. The highest BCUT2D eigenvalue weighted by Crippen LogP contribution is 2.26. The van der Waals surface area contributed by atoms with Crippen LogP contribution in [0.1, 0.15) is 16.7 Å². The lowest BCUT2D eigenvalue weighted by atomic mass is 10.1. The van der Waals surface area contributed by atoms with Gasteiger partial charge in [-0.2, -0.15) is 0 Å². The van der Waals surface area contributed by atoms with Crippen LogP contribution in [0.3, 0.4) is 0 Å². The second kappa shape index (κ2) is 6.96. The average molecular weight is 349 g/mol. The molecule has 0 bridgehead atoms. The van der Waals surface area contributed by atoms with Crippen LogP contribution >= 0.6 is 0 Å². The van der Waals surface area contributed by atoms with Crippen molar-refractivity contribution in [2.75, 3.05) is 0 Å². The summed E-state index contributed by atoms with van der Waals surface area (Å²) in [5, 5.41) is 2.17. The van der Waals surface area contributed by atoms with Crippen molar-refractivity contribution in [3.63, 3.8) is 0 Å². The number of aryl methyl sites for hydroxylation is 1. The van der Waals surface area contributed by atoms with Gasteiger partial charge in [0.1, 0.15) is 0 Å². The van der Waals surface area contributed by atoms with E-state index in [1.807, 2.05) is 42.6 Å². The van der Waals surface area contributed by atoms with Crippen LogP contribution in [0.25, 0.3) is 27.9 Å². The molecule has 3 nitrogen and oxygen atoms in total. The smallest absolute Gasteiger partial charge is 0.0731 e. The van der Waals surface area contributed by atoms with Gasteiger partial charge in [0, 0.05) is 17.0 Å². The zero-order valence-electron chi connectivity index (χ0n) is 15.2. The Balaban J connectivity index is 1.74. The fourth-order valence-corrected chi connectivity index (χ4v) is 3.16. The van der Waals surface area contributed by atoms with Crippen LogP contribution in [0.5, 0.6) is 0 Å². The lowest BCUT2D eigenvalue weighted by molar-refractivity contribution is 1.44. The minimum Gasteiger partial charge on any atom is -0.265 e. The fourth-order valence-electron chi connectivity index (χ4n) is 3.16. The molecular weight excluding hydrogens is 330 g/mol. The number of nitrogens with zero attached hydrogens (tertiary/aromatic N) is 3. The summed E-state index contributed by atoms with van der Waals surface area (Å²) in [7, 11) is 0. The molecular formula is C24H19N3. The molecule has 0 aliphatic rings. The van der Waals surface area contributed by atoms with Crippen LogP contribution in [0, 0.1) is 6.92 Å². The van der Waals surface area contributed by atoms with E-state index in [2.05, 4.69) is 60.5 Å². The Kier molecular flexibility index (Phi) is 4.35. The van der Waals surface area contributed by atoms with E-state index in [4.69, 9.17) is 4.98 Å². The van der Waals surface area contributed by atoms with Crippen molar-refractivity contribution in [1.82, 2.24) is 4.98 Å². The van der Waals surface area contributed by atoms with Crippen molar-refractivity contribution in [2.45, 2.75) is 6.92 Å². The van der Waals surface area contributed by atoms with Crippen LogP contribution < -0.4 is 0 Å². The van der Waals surface area contributed by atoms with E-state index in [0.29, 0.717) is 0 Å². The van der Waals surface area contributed by atoms with Crippen LogP contribution in [-0.2, 0) is 0 Å². The topological polar surface area (TPSA) is 37.6 Å². The number of fused-ring (bicyclic) bond motifs is 2. The van der Waals surface area contributed by atoms with E-state index >= 15 is 0 Å². The first-order valence-electron chi connectivity index (χ1n) is 8.74. The number of hydrogen-bond acceptors (Lipinski definition) is 3. The van der Waals surface area contributed by atoms with Gasteiger partial charge >= 0.3 is 0 Å². The molecule has 0 aliphatic heterocycles. The van der Waals surface area contributed by atoms with Gasteiger partial charge in [-0.05, 0) is 66.7 Å². The predicted octanol–water partition coefficient (Wildman–Crippen LogP) is 6.42. The third-order valence-electron chi connectivity index (χ3n) is 4.48. The summed E-state index contributed by atoms with van der Waals surface area (Å²) in [6.07, 6.45) is 3.73. The lowest BCUT2D eigenvalue weighted by Crippen LogP contribution is -1.86. The van der Waals surface area contributed by atoms with Crippen molar-refractivity contribution in [1.29, 1.82) is 0 Å². The molecule has 4 aromatic rings. The molecule has 0 N–H and O–H groups in total. The van der Waals surface area contributed by atoms with Crippen LogP contribution in [0.2, 0.25) is 0 Å². The molecule has 27 heavy (non-hydrogen) atoms. The Morgan fingerprint density at radius 3 is 2.19 bits per heavy atom. The largest absolute Gasteiger partial charge is 0.265 e. The SMILES string of the molecule is C=Cc1cc(C)cc(C=Nc2ccc3cc4ccc(N=C)cc4nc3c2)c1. The van der Waals surface area contributed by atoms with E-state index in [1.54, 1.807) is 0 Å². The summed E-state index contributed by atoms with van der Waals surface area (Å²) in [5.74, 6) is 0. The van der Waals surface area contributed by atoms with Crippen molar-refractivity contribution in [3.8, 4) is 0 Å². The molecule has 1 aromatic heterocycles. The molecule has 0 atom stereocenters. The first kappa shape index (κ1) is 16.9. The molecule has 0 radical (unpaired) electrons. The molecule has 0 saturated carbocycles. The fraction of sp³-hybridized carbons (Fsp3) is 0.0417. The molecule has 0 fully saturated rings. The Morgan fingerprint density at radius 2 is 1.48 bits per heavy atom. The monoisotopic (exact) mass is 349 g/mol. The number of aliphatic imine (C=N–C) groups is 2. The van der Waals surface area contributed by atoms with Gasteiger partial charge in [0.2, 0.25) is 0 Å². The van der Waals surface area contributed by atoms with Crippen molar-refractivity contribution in [2.24, 2.45) is 9.98 Å². The van der Waals surface area contributed by atoms with Gasteiger partial charge in [-0.3, -0.25) is 9.98 Å². The minimum absolute atomic E-state index is 0.820. The second-order valence-electron chi connectivity index (χ2n) is 6.54. The standard InChI is InChI=1S/C24H19N3/c1-4-17-9-16(2)10-18(11-17)15-26-22-8-6-20-12-19-5-7-21(25-3)13-23(19)27-24(20)14-22/h4-15H,1,3H2,2H3. The van der Waals surface area contributed by atoms with Gasteiger partial charge < -0.3 is 0 Å². The number of hydrogen-bond donors (Lipinski definition) is 0. The van der Waals surface area contributed by atoms with Crippen molar-refractivity contribution < 1.29 is 0 Å². The first-order chi connectivity index (χ1) is 13.1. The van der Waals surface area contributed by atoms with Crippen LogP contribution in [0.15, 0.2) is 77.2 Å². The van der Waals surface area contributed by atoms with Crippen LogP contribution in [-0.4, -0.2) is 17.9 Å². The zero-order chi connectivity index (χ0) is 18.8. The number of aromatic nitrogens is 1. The van der Waals surface area contributed by atoms with Gasteiger partial charge in [-0.25, -0.2) is 4.98 Å². The highest BCUT2D eigenvalue weighted by atomic mass is 14.7. The van der Waals surface area contributed by atoms with Gasteiger partial charge in [-0.15, -0.1) is 0 Å². The summed E-state index contributed by atoms with van der Waals surface area (Å²) in [5.41, 5.74) is 6.84.